The van der Waals surface area contributed by atoms with Crippen LogP contribution >= 0.6 is 11.8 Å². The van der Waals surface area contributed by atoms with E-state index in [0.29, 0.717) is 0 Å². The number of thioether (sulfide) groups is 1. The largest absolute Gasteiger partial charge is 0.387 e. The molecule has 0 atom stereocenters. The zero-order valence-electron chi connectivity index (χ0n) is 8.71. The van der Waals surface area contributed by atoms with E-state index in [1.54, 1.807) is 0 Å². The summed E-state index contributed by atoms with van der Waals surface area (Å²) in [6.45, 7) is 1.01. The quantitative estimate of drug-likeness (QED) is 0.708. The number of hydrogen-bond acceptors (Lipinski definition) is 4. The van der Waals surface area contributed by atoms with Gasteiger partial charge >= 0.3 is 0 Å². The van der Waals surface area contributed by atoms with Gasteiger partial charge in [0.15, 0.2) is 0 Å². The van der Waals surface area contributed by atoms with Gasteiger partial charge in [0.2, 0.25) is 0 Å². The molecule has 1 rings (SSSR count). The Morgan fingerprint density at radius 3 is 2.86 bits per heavy atom. The summed E-state index contributed by atoms with van der Waals surface area (Å²) in [5, 5.41) is 6.40. The molecule has 1 heterocycles. The zero-order chi connectivity index (χ0) is 10.2. The standard InChI is InChI=1S/C10H17N3S/c1-11-9-6-10(8-12-7-9)13-4-3-5-14-2/h6-8,11,13H,3-5H2,1-2H3. The lowest BCUT2D eigenvalue weighted by Gasteiger charge is -2.06. The second-order valence-corrected chi connectivity index (χ2v) is 3.97. The fraction of sp³-hybridized carbons (Fsp3) is 0.500. The normalized spacial score (nSPS) is 9.86. The van der Waals surface area contributed by atoms with E-state index in [2.05, 4.69) is 27.9 Å². The van der Waals surface area contributed by atoms with Crippen molar-refractivity contribution in [1.82, 2.24) is 4.98 Å². The van der Waals surface area contributed by atoms with Crippen LogP contribution in [0, 0.1) is 0 Å². The maximum atomic E-state index is 4.12. The van der Waals surface area contributed by atoms with Gasteiger partial charge in [-0.25, -0.2) is 0 Å². The Kier molecular flexibility index (Phi) is 5.22. The molecule has 14 heavy (non-hydrogen) atoms. The van der Waals surface area contributed by atoms with Crippen molar-refractivity contribution >= 4 is 23.1 Å². The third-order valence-corrected chi connectivity index (χ3v) is 2.58. The fourth-order valence-corrected chi connectivity index (χ4v) is 1.56. The molecule has 0 fully saturated rings. The van der Waals surface area contributed by atoms with E-state index >= 15 is 0 Å². The average Bonchev–Trinajstić information content (AvgIpc) is 2.25. The molecule has 0 aromatic carbocycles. The van der Waals surface area contributed by atoms with Crippen molar-refractivity contribution < 1.29 is 0 Å². The summed E-state index contributed by atoms with van der Waals surface area (Å²) in [5.41, 5.74) is 2.12. The van der Waals surface area contributed by atoms with Crippen LogP contribution in [0.4, 0.5) is 11.4 Å². The Morgan fingerprint density at radius 2 is 2.14 bits per heavy atom. The van der Waals surface area contributed by atoms with Gasteiger partial charge < -0.3 is 10.6 Å². The molecular formula is C10H17N3S. The van der Waals surface area contributed by atoms with E-state index in [1.807, 2.05) is 31.2 Å². The molecule has 1 aromatic rings. The predicted octanol–water partition coefficient (Wildman–Crippen LogP) is 2.29. The van der Waals surface area contributed by atoms with Crippen LogP contribution in [0.15, 0.2) is 18.5 Å². The van der Waals surface area contributed by atoms with Crippen LogP contribution in [0.1, 0.15) is 6.42 Å². The monoisotopic (exact) mass is 211 g/mol. The highest BCUT2D eigenvalue weighted by atomic mass is 32.2. The zero-order valence-corrected chi connectivity index (χ0v) is 9.53. The lowest BCUT2D eigenvalue weighted by Crippen LogP contribution is -2.03. The Hall–Kier alpha value is -0.900. The van der Waals surface area contributed by atoms with E-state index < -0.39 is 0 Å². The van der Waals surface area contributed by atoms with Gasteiger partial charge in [-0.05, 0) is 24.5 Å². The molecule has 4 heteroatoms. The SMILES string of the molecule is CNc1cncc(NCCCSC)c1. The van der Waals surface area contributed by atoms with Crippen molar-refractivity contribution in [3.8, 4) is 0 Å². The Labute approximate surface area is 89.7 Å². The molecule has 78 valence electrons. The first-order valence-electron chi connectivity index (χ1n) is 4.72. The van der Waals surface area contributed by atoms with Crippen molar-refractivity contribution in [3.05, 3.63) is 18.5 Å². The Balaban J connectivity index is 2.34. The van der Waals surface area contributed by atoms with Gasteiger partial charge in [-0.1, -0.05) is 0 Å². The number of aromatic nitrogens is 1. The summed E-state index contributed by atoms with van der Waals surface area (Å²) in [6.07, 6.45) is 6.97. The van der Waals surface area contributed by atoms with Gasteiger partial charge in [0.05, 0.1) is 23.8 Å². The molecule has 0 aliphatic heterocycles. The van der Waals surface area contributed by atoms with Crippen molar-refractivity contribution in [2.75, 3.05) is 36.2 Å². The van der Waals surface area contributed by atoms with Crippen molar-refractivity contribution in [1.29, 1.82) is 0 Å². The van der Waals surface area contributed by atoms with Gasteiger partial charge in [0, 0.05) is 13.6 Å². The van der Waals surface area contributed by atoms with E-state index in [-0.39, 0.29) is 0 Å². The molecule has 0 bridgehead atoms. The van der Waals surface area contributed by atoms with Crippen LogP contribution in [-0.4, -0.2) is 30.6 Å². The summed E-state index contributed by atoms with van der Waals surface area (Å²) in [7, 11) is 1.90. The second kappa shape index (κ2) is 6.54. The third kappa shape index (κ3) is 3.87. The van der Waals surface area contributed by atoms with Gasteiger partial charge in [-0.15, -0.1) is 0 Å². The molecule has 2 N–H and O–H groups in total. The third-order valence-electron chi connectivity index (χ3n) is 1.88. The van der Waals surface area contributed by atoms with Crippen molar-refractivity contribution in [3.63, 3.8) is 0 Å². The smallest absolute Gasteiger partial charge is 0.0547 e. The number of hydrogen-bond donors (Lipinski definition) is 2. The minimum Gasteiger partial charge on any atom is -0.387 e. The summed E-state index contributed by atoms with van der Waals surface area (Å²) < 4.78 is 0. The molecule has 1 aromatic heterocycles. The van der Waals surface area contributed by atoms with E-state index in [4.69, 9.17) is 0 Å². The molecule has 3 nitrogen and oxygen atoms in total. The molecule has 0 saturated heterocycles. The molecule has 0 spiro atoms. The second-order valence-electron chi connectivity index (χ2n) is 2.99. The first kappa shape index (κ1) is 11.2. The molecule has 0 saturated carbocycles. The highest BCUT2D eigenvalue weighted by Gasteiger charge is 1.93. The Bertz CT molecular complexity index is 265. The number of pyridine rings is 1. The van der Waals surface area contributed by atoms with E-state index in [1.165, 1.54) is 12.2 Å². The van der Waals surface area contributed by atoms with Crippen LogP contribution in [0.25, 0.3) is 0 Å². The first-order chi connectivity index (χ1) is 6.86. The lowest BCUT2D eigenvalue weighted by atomic mass is 10.3. The van der Waals surface area contributed by atoms with Gasteiger partial charge in [0.25, 0.3) is 0 Å². The first-order valence-corrected chi connectivity index (χ1v) is 6.12. The van der Waals surface area contributed by atoms with Crippen LogP contribution in [0.3, 0.4) is 0 Å². The number of anilines is 2. The highest BCUT2D eigenvalue weighted by molar-refractivity contribution is 7.98. The molecule has 0 aliphatic carbocycles. The van der Waals surface area contributed by atoms with Crippen molar-refractivity contribution in [2.45, 2.75) is 6.42 Å². The topological polar surface area (TPSA) is 37.0 Å². The van der Waals surface area contributed by atoms with Gasteiger partial charge in [0.1, 0.15) is 0 Å². The Morgan fingerprint density at radius 1 is 1.36 bits per heavy atom. The van der Waals surface area contributed by atoms with Crippen LogP contribution in [0.2, 0.25) is 0 Å². The highest BCUT2D eigenvalue weighted by Crippen LogP contribution is 2.11. The van der Waals surface area contributed by atoms with Gasteiger partial charge in [-0.3, -0.25) is 4.98 Å². The summed E-state index contributed by atoms with van der Waals surface area (Å²) in [4.78, 5) is 4.12. The number of nitrogens with one attached hydrogen (secondary N) is 2. The minimum atomic E-state index is 1.01. The molecule has 0 radical (unpaired) electrons. The fourth-order valence-electron chi connectivity index (χ4n) is 1.12. The summed E-state index contributed by atoms with van der Waals surface area (Å²) in [5.74, 6) is 1.20. The van der Waals surface area contributed by atoms with Crippen LogP contribution < -0.4 is 10.6 Å². The maximum Gasteiger partial charge on any atom is 0.0547 e. The molecular weight excluding hydrogens is 194 g/mol. The minimum absolute atomic E-state index is 1.01. The molecule has 0 amide bonds. The van der Waals surface area contributed by atoms with Crippen LogP contribution in [0.5, 0.6) is 0 Å². The van der Waals surface area contributed by atoms with Gasteiger partial charge in [-0.2, -0.15) is 11.8 Å². The average molecular weight is 211 g/mol. The van der Waals surface area contributed by atoms with Crippen molar-refractivity contribution in [2.24, 2.45) is 0 Å². The maximum absolute atomic E-state index is 4.12. The van der Waals surface area contributed by atoms with E-state index in [0.717, 1.165) is 17.9 Å². The number of rotatable bonds is 6. The lowest BCUT2D eigenvalue weighted by molar-refractivity contribution is 0.991. The molecule has 0 unspecified atom stereocenters. The summed E-state index contributed by atoms with van der Waals surface area (Å²) >= 11 is 1.88. The number of nitrogens with zero attached hydrogens (tertiary/aromatic N) is 1. The molecule has 0 aliphatic rings. The van der Waals surface area contributed by atoms with Crippen LogP contribution in [-0.2, 0) is 0 Å². The van der Waals surface area contributed by atoms with E-state index in [9.17, 15) is 0 Å². The predicted molar refractivity (Wildman–Crippen MR) is 65.3 cm³/mol. The summed E-state index contributed by atoms with van der Waals surface area (Å²) in [6, 6.07) is 2.06.